The quantitative estimate of drug-likeness (QED) is 0.397. The number of hydrogen-bond acceptors (Lipinski definition) is 5. The lowest BCUT2D eigenvalue weighted by molar-refractivity contribution is -0.192. The largest absolute Gasteiger partial charge is 0.392 e. The van der Waals surface area contributed by atoms with Crippen LogP contribution in [0.1, 0.15) is 84.5 Å². The van der Waals surface area contributed by atoms with Crippen molar-refractivity contribution in [1.29, 1.82) is 0 Å². The molecule has 2 saturated carbocycles. The number of aliphatic hydroxyl groups is 1. The topological polar surface area (TPSA) is 57.2 Å². The second kappa shape index (κ2) is 13.8. The van der Waals surface area contributed by atoms with E-state index in [0.29, 0.717) is 11.8 Å². The molecule has 0 spiro atoms. The summed E-state index contributed by atoms with van der Waals surface area (Å²) in [6, 6.07) is 0. The monoisotopic (exact) mass is 484 g/mol. The molecule has 2 unspecified atom stereocenters. The molecule has 4 rings (SSSR count). The van der Waals surface area contributed by atoms with E-state index in [9.17, 15) is 5.11 Å². The second-order valence-corrected chi connectivity index (χ2v) is 10.6. The number of allylic oxidation sites excluding steroid dienone is 1. The molecule has 0 aromatic carbocycles. The third kappa shape index (κ3) is 7.58. The first-order valence-corrected chi connectivity index (χ1v) is 14.0. The molecule has 2 aliphatic carbocycles. The molecular formula is C30H44O5. The fourth-order valence-corrected chi connectivity index (χ4v) is 6.03. The van der Waals surface area contributed by atoms with Crippen LogP contribution in [0.25, 0.3) is 0 Å². The van der Waals surface area contributed by atoms with E-state index >= 15 is 0 Å². The summed E-state index contributed by atoms with van der Waals surface area (Å²) in [4.78, 5) is 0. The molecule has 2 aliphatic heterocycles. The van der Waals surface area contributed by atoms with Gasteiger partial charge in [0.2, 0.25) is 0 Å². The summed E-state index contributed by atoms with van der Waals surface area (Å²) in [7, 11) is 0. The average molecular weight is 485 g/mol. The Balaban J connectivity index is 1.51. The molecule has 0 radical (unpaired) electrons. The van der Waals surface area contributed by atoms with Crippen LogP contribution in [0.3, 0.4) is 0 Å². The highest BCUT2D eigenvalue weighted by molar-refractivity contribution is 5.22. The zero-order chi connectivity index (χ0) is 24.5. The van der Waals surface area contributed by atoms with Crippen molar-refractivity contribution in [3.63, 3.8) is 0 Å². The summed E-state index contributed by atoms with van der Waals surface area (Å²) < 4.78 is 24.8. The standard InChI is InChI=1S/C30H44O5/c1-3-4-5-10-22(2)27(34-29-11-6-8-17-32-29)14-13-25-26-20-23(15-16-31)19-24(26)21-28(25)35-30-12-7-9-18-33-30/h15,22,24-31H,3,6-12,16-21H2,1-2H3/b23-15-/t22-,24-,25+,26-,27+,28-,29?,30?/m0/s1. The Morgan fingerprint density at radius 3 is 2.51 bits per heavy atom. The molecule has 194 valence electrons. The van der Waals surface area contributed by atoms with Gasteiger partial charge < -0.3 is 24.1 Å². The summed E-state index contributed by atoms with van der Waals surface area (Å²) in [5.74, 6) is 15.1. The summed E-state index contributed by atoms with van der Waals surface area (Å²) in [6.45, 7) is 5.94. The minimum Gasteiger partial charge on any atom is -0.392 e. The summed E-state index contributed by atoms with van der Waals surface area (Å²) in [5, 5.41) is 9.42. The van der Waals surface area contributed by atoms with Crippen molar-refractivity contribution in [2.45, 2.75) is 109 Å². The van der Waals surface area contributed by atoms with E-state index in [1.165, 1.54) is 5.57 Å². The van der Waals surface area contributed by atoms with Gasteiger partial charge in [0.05, 0.1) is 18.6 Å². The molecule has 35 heavy (non-hydrogen) atoms. The maximum absolute atomic E-state index is 9.42. The third-order valence-electron chi connectivity index (χ3n) is 7.94. The van der Waals surface area contributed by atoms with Gasteiger partial charge in [-0.3, -0.25) is 0 Å². The molecule has 8 atom stereocenters. The van der Waals surface area contributed by atoms with E-state index in [1.54, 1.807) is 0 Å². The van der Waals surface area contributed by atoms with Crippen molar-refractivity contribution in [2.24, 2.45) is 23.7 Å². The van der Waals surface area contributed by atoms with Crippen LogP contribution in [-0.4, -0.2) is 49.7 Å². The number of hydrogen-bond donors (Lipinski definition) is 1. The fraction of sp³-hybridized carbons (Fsp3) is 0.800. The van der Waals surface area contributed by atoms with Gasteiger partial charge in [-0.05, 0) is 69.6 Å². The van der Waals surface area contributed by atoms with Gasteiger partial charge in [0.1, 0.15) is 6.10 Å². The molecule has 0 bridgehead atoms. The number of aliphatic hydroxyl groups excluding tert-OH is 1. The Bertz CT molecular complexity index is 802. The van der Waals surface area contributed by atoms with Crippen molar-refractivity contribution < 1.29 is 24.1 Å². The molecule has 1 N–H and O–H groups in total. The Hall–Kier alpha value is -1.34. The molecule has 2 heterocycles. The molecule has 2 saturated heterocycles. The normalized spacial score (nSPS) is 35.5. The second-order valence-electron chi connectivity index (χ2n) is 10.6. The number of ether oxygens (including phenoxy) is 4. The molecule has 0 amide bonds. The molecule has 4 aliphatic rings. The van der Waals surface area contributed by atoms with E-state index in [2.05, 4.69) is 37.5 Å². The van der Waals surface area contributed by atoms with Crippen molar-refractivity contribution in [1.82, 2.24) is 0 Å². The van der Waals surface area contributed by atoms with Crippen molar-refractivity contribution >= 4 is 0 Å². The first kappa shape index (κ1) is 26.7. The number of rotatable bonds is 7. The minimum atomic E-state index is -0.205. The minimum absolute atomic E-state index is 0.0954. The zero-order valence-electron chi connectivity index (χ0n) is 21.7. The van der Waals surface area contributed by atoms with E-state index in [0.717, 1.165) is 83.8 Å². The van der Waals surface area contributed by atoms with Crippen LogP contribution in [0.2, 0.25) is 0 Å². The van der Waals surface area contributed by atoms with Crippen LogP contribution in [0.5, 0.6) is 0 Å². The van der Waals surface area contributed by atoms with Gasteiger partial charge in [-0.2, -0.15) is 0 Å². The Morgan fingerprint density at radius 1 is 1.06 bits per heavy atom. The molecule has 0 aromatic rings. The third-order valence-corrected chi connectivity index (χ3v) is 7.94. The molecular weight excluding hydrogens is 440 g/mol. The smallest absolute Gasteiger partial charge is 0.159 e. The van der Waals surface area contributed by atoms with Crippen molar-refractivity contribution in [2.75, 3.05) is 19.8 Å². The van der Waals surface area contributed by atoms with Crippen molar-refractivity contribution in [3.8, 4) is 23.7 Å². The van der Waals surface area contributed by atoms with Crippen LogP contribution in [-0.2, 0) is 18.9 Å². The first-order chi connectivity index (χ1) is 17.2. The molecule has 5 nitrogen and oxygen atoms in total. The Labute approximate surface area is 212 Å². The maximum Gasteiger partial charge on any atom is 0.159 e. The summed E-state index contributed by atoms with van der Waals surface area (Å²) in [6.07, 6.45) is 12.7. The van der Waals surface area contributed by atoms with Crippen LogP contribution in [0.4, 0.5) is 0 Å². The maximum atomic E-state index is 9.42. The van der Waals surface area contributed by atoms with Crippen LogP contribution >= 0.6 is 0 Å². The van der Waals surface area contributed by atoms with Gasteiger partial charge in [-0.15, -0.1) is 11.8 Å². The average Bonchev–Trinajstić information content (AvgIpc) is 3.40. The van der Waals surface area contributed by atoms with E-state index < -0.39 is 0 Å². The highest BCUT2D eigenvalue weighted by Gasteiger charge is 2.47. The Kier molecular flexibility index (Phi) is 10.6. The predicted octanol–water partition coefficient (Wildman–Crippen LogP) is 5.22. The summed E-state index contributed by atoms with van der Waals surface area (Å²) in [5.41, 5.74) is 1.37. The Morgan fingerprint density at radius 2 is 1.83 bits per heavy atom. The highest BCUT2D eigenvalue weighted by atomic mass is 16.7. The van der Waals surface area contributed by atoms with Crippen LogP contribution in [0, 0.1) is 47.4 Å². The van der Waals surface area contributed by atoms with E-state index in [1.807, 2.05) is 6.08 Å². The van der Waals surface area contributed by atoms with Gasteiger partial charge in [-0.25, -0.2) is 0 Å². The van der Waals surface area contributed by atoms with Gasteiger partial charge >= 0.3 is 0 Å². The van der Waals surface area contributed by atoms with Crippen LogP contribution in [0.15, 0.2) is 11.6 Å². The molecule has 0 aromatic heterocycles. The van der Waals surface area contributed by atoms with Gasteiger partial charge in [-0.1, -0.05) is 37.3 Å². The first-order valence-electron chi connectivity index (χ1n) is 14.0. The summed E-state index contributed by atoms with van der Waals surface area (Å²) >= 11 is 0. The lowest BCUT2D eigenvalue weighted by Crippen LogP contribution is -2.32. The van der Waals surface area contributed by atoms with Gasteiger partial charge in [0, 0.05) is 32.0 Å². The predicted molar refractivity (Wildman–Crippen MR) is 136 cm³/mol. The molecule has 5 heteroatoms. The SMILES string of the molecule is CCC#CC[C@H](C)[C@@H](C#C[C@@H]1[C@H]2C/C(=C\CO)C[C@H]2C[C@@H]1OC1CCCCO1)OC1CCCCO1. The fourth-order valence-electron chi connectivity index (χ4n) is 6.03. The zero-order valence-corrected chi connectivity index (χ0v) is 21.7. The van der Waals surface area contributed by atoms with Gasteiger partial charge in [0.25, 0.3) is 0 Å². The van der Waals surface area contributed by atoms with E-state index in [4.69, 9.17) is 18.9 Å². The van der Waals surface area contributed by atoms with E-state index in [-0.39, 0.29) is 43.2 Å². The highest BCUT2D eigenvalue weighted by Crippen LogP contribution is 2.51. The van der Waals surface area contributed by atoms with Gasteiger partial charge in [0.15, 0.2) is 12.6 Å². The van der Waals surface area contributed by atoms with Crippen molar-refractivity contribution in [3.05, 3.63) is 11.6 Å². The number of fused-ring (bicyclic) bond motifs is 1. The lowest BCUT2D eigenvalue weighted by atomic mass is 9.90. The lowest BCUT2D eigenvalue weighted by Gasteiger charge is -2.29. The molecule has 4 fully saturated rings. The van der Waals surface area contributed by atoms with Crippen LogP contribution < -0.4 is 0 Å².